The number of hydrogen-bond donors (Lipinski definition) is 0. The molecule has 0 spiro atoms. The van der Waals surface area contributed by atoms with E-state index in [9.17, 15) is 4.79 Å². The lowest BCUT2D eigenvalue weighted by Crippen LogP contribution is -2.26. The molecule has 0 fully saturated rings. The van der Waals surface area contributed by atoms with Crippen LogP contribution < -0.4 is 0 Å². The third-order valence-corrected chi connectivity index (χ3v) is 6.48. The van der Waals surface area contributed by atoms with Gasteiger partial charge in [-0.25, -0.2) is 4.98 Å². The lowest BCUT2D eigenvalue weighted by atomic mass is 10.2. The van der Waals surface area contributed by atoms with Gasteiger partial charge in [-0.2, -0.15) is 0 Å². The van der Waals surface area contributed by atoms with E-state index in [0.717, 1.165) is 31.4 Å². The van der Waals surface area contributed by atoms with Crippen molar-refractivity contribution in [3.05, 3.63) is 47.0 Å². The van der Waals surface area contributed by atoms with Crippen molar-refractivity contribution in [1.82, 2.24) is 14.3 Å². The Balaban J connectivity index is 0.00000196. The van der Waals surface area contributed by atoms with Crippen molar-refractivity contribution in [2.24, 2.45) is 0 Å². The summed E-state index contributed by atoms with van der Waals surface area (Å²) in [4.78, 5) is 22.0. The first-order valence-electron chi connectivity index (χ1n) is 7.79. The Morgan fingerprint density at radius 1 is 1.19 bits per heavy atom. The number of hydrogen-bond acceptors (Lipinski definition) is 4. The quantitative estimate of drug-likeness (QED) is 0.413. The summed E-state index contributed by atoms with van der Waals surface area (Å²) in [5.74, 6) is -0.145. The number of carbonyl (C=O) groups is 1. The van der Waals surface area contributed by atoms with Gasteiger partial charge in [-0.15, -0.1) is 35.3 Å². The van der Waals surface area contributed by atoms with Gasteiger partial charge in [-0.1, -0.05) is 23.5 Å². The number of thiophene rings is 1. The molecule has 4 nitrogen and oxygen atoms in total. The van der Waals surface area contributed by atoms with Crippen LogP contribution in [0.4, 0.5) is 0 Å². The molecule has 3 heterocycles. The monoisotopic (exact) mass is 425 g/mol. The molecular weight excluding hydrogens is 409 g/mol. The number of likely N-dealkylation sites (N-methyl/N-ethyl adjacent to an activating group) is 1. The molecule has 3 aromatic heterocycles. The predicted molar refractivity (Wildman–Crippen MR) is 113 cm³/mol. The zero-order valence-corrected chi connectivity index (χ0v) is 17.6. The van der Waals surface area contributed by atoms with Gasteiger partial charge in [-0.3, -0.25) is 9.20 Å². The molecule has 1 aromatic carbocycles. The number of alkyl halides is 1. The molecule has 4 rings (SSSR count). The van der Waals surface area contributed by atoms with Gasteiger partial charge in [-0.05, 0) is 31.2 Å². The molecule has 0 bridgehead atoms. The summed E-state index contributed by atoms with van der Waals surface area (Å²) in [6.45, 7) is 2.06. The molecule has 26 heavy (non-hydrogen) atoms. The number of fused-ring (bicyclic) bond motifs is 3. The van der Waals surface area contributed by atoms with E-state index in [4.69, 9.17) is 16.6 Å². The molecule has 1 atom stereocenters. The topological polar surface area (TPSA) is 37.6 Å². The SMILES string of the molecule is Cc1ccc(-c2nc3sc4ccccc4n3c2C(Cl)C(=O)N(C)C)s1.Cl. The van der Waals surface area contributed by atoms with Gasteiger partial charge in [0.2, 0.25) is 5.91 Å². The smallest absolute Gasteiger partial charge is 0.246 e. The van der Waals surface area contributed by atoms with E-state index < -0.39 is 5.38 Å². The molecule has 1 amide bonds. The summed E-state index contributed by atoms with van der Waals surface area (Å²) in [6, 6.07) is 12.2. The third kappa shape index (κ3) is 3.01. The molecule has 136 valence electrons. The van der Waals surface area contributed by atoms with Crippen LogP contribution in [0.3, 0.4) is 0 Å². The maximum absolute atomic E-state index is 12.6. The molecule has 0 saturated carbocycles. The number of imidazole rings is 1. The Hall–Kier alpha value is -1.60. The fourth-order valence-corrected chi connectivity index (χ4v) is 5.15. The minimum atomic E-state index is -0.791. The van der Waals surface area contributed by atoms with E-state index in [1.54, 1.807) is 36.8 Å². The van der Waals surface area contributed by atoms with Crippen LogP contribution in [0.15, 0.2) is 36.4 Å². The standard InChI is InChI=1S/C18H16ClN3OS2.ClH/c1-10-8-9-13(24-10)15-16(14(19)17(23)21(2)3)22-11-6-4-5-7-12(11)25-18(22)20-15;/h4-9,14H,1-3H3;1H. The van der Waals surface area contributed by atoms with Gasteiger partial charge in [0, 0.05) is 19.0 Å². The summed E-state index contributed by atoms with van der Waals surface area (Å²) < 4.78 is 3.16. The summed E-state index contributed by atoms with van der Waals surface area (Å²) >= 11 is 9.92. The number of thiazole rings is 1. The van der Waals surface area contributed by atoms with Crippen LogP contribution >= 0.6 is 46.7 Å². The van der Waals surface area contributed by atoms with Crippen molar-refractivity contribution in [2.45, 2.75) is 12.3 Å². The Morgan fingerprint density at radius 3 is 2.58 bits per heavy atom. The van der Waals surface area contributed by atoms with Crippen LogP contribution in [0.1, 0.15) is 15.9 Å². The molecule has 0 aliphatic heterocycles. The van der Waals surface area contributed by atoms with Crippen molar-refractivity contribution in [3.63, 3.8) is 0 Å². The van der Waals surface area contributed by atoms with Crippen LogP contribution in [-0.2, 0) is 4.79 Å². The van der Waals surface area contributed by atoms with Crippen molar-refractivity contribution in [3.8, 4) is 10.6 Å². The molecule has 0 aliphatic carbocycles. The number of rotatable bonds is 3. The number of aryl methyl sites for hydroxylation is 1. The predicted octanol–water partition coefficient (Wildman–Crippen LogP) is 5.38. The van der Waals surface area contributed by atoms with Crippen molar-refractivity contribution >= 4 is 67.8 Å². The molecule has 8 heteroatoms. The van der Waals surface area contributed by atoms with E-state index >= 15 is 0 Å². The Kier molecular flexibility index (Phi) is 5.30. The second-order valence-corrected chi connectivity index (χ2v) is 8.77. The largest absolute Gasteiger partial charge is 0.347 e. The van der Waals surface area contributed by atoms with E-state index in [-0.39, 0.29) is 18.3 Å². The number of carbonyl (C=O) groups excluding carboxylic acids is 1. The number of para-hydroxylation sites is 1. The molecule has 0 radical (unpaired) electrons. The lowest BCUT2D eigenvalue weighted by Gasteiger charge is -2.16. The molecule has 0 aliphatic rings. The third-order valence-electron chi connectivity index (χ3n) is 4.06. The van der Waals surface area contributed by atoms with Gasteiger partial charge in [0.15, 0.2) is 10.3 Å². The highest BCUT2D eigenvalue weighted by atomic mass is 35.5. The van der Waals surface area contributed by atoms with E-state index in [1.807, 2.05) is 28.7 Å². The molecule has 1 unspecified atom stereocenters. The van der Waals surface area contributed by atoms with Crippen molar-refractivity contribution in [1.29, 1.82) is 0 Å². The van der Waals surface area contributed by atoms with E-state index in [2.05, 4.69) is 19.1 Å². The van der Waals surface area contributed by atoms with Gasteiger partial charge < -0.3 is 4.90 Å². The summed E-state index contributed by atoms with van der Waals surface area (Å²) in [5, 5.41) is -0.791. The number of amides is 1. The summed E-state index contributed by atoms with van der Waals surface area (Å²) in [7, 11) is 3.44. The zero-order chi connectivity index (χ0) is 17.7. The van der Waals surface area contributed by atoms with Crippen molar-refractivity contribution < 1.29 is 4.79 Å². The van der Waals surface area contributed by atoms with Gasteiger partial charge in [0.05, 0.1) is 20.8 Å². The maximum Gasteiger partial charge on any atom is 0.246 e. The molecule has 0 saturated heterocycles. The highest BCUT2D eigenvalue weighted by molar-refractivity contribution is 7.23. The average molecular weight is 426 g/mol. The fraction of sp³-hybridized carbons (Fsp3) is 0.222. The normalized spacial score (nSPS) is 12.3. The molecular formula is C18H17Cl2N3OS2. The zero-order valence-electron chi connectivity index (χ0n) is 14.4. The van der Waals surface area contributed by atoms with E-state index in [1.165, 1.54) is 9.78 Å². The van der Waals surface area contributed by atoms with Crippen LogP contribution in [0.25, 0.3) is 25.7 Å². The van der Waals surface area contributed by atoms with Crippen molar-refractivity contribution in [2.75, 3.05) is 14.1 Å². The summed E-state index contributed by atoms with van der Waals surface area (Å²) in [5.41, 5.74) is 2.57. The minimum absolute atomic E-state index is 0. The Morgan fingerprint density at radius 2 is 1.92 bits per heavy atom. The first-order chi connectivity index (χ1) is 12.0. The van der Waals surface area contributed by atoms with Gasteiger partial charge >= 0.3 is 0 Å². The van der Waals surface area contributed by atoms with Gasteiger partial charge in [0.1, 0.15) is 5.69 Å². The lowest BCUT2D eigenvalue weighted by molar-refractivity contribution is -0.128. The van der Waals surface area contributed by atoms with E-state index in [0.29, 0.717) is 0 Å². The number of halogens is 2. The summed E-state index contributed by atoms with van der Waals surface area (Å²) in [6.07, 6.45) is 0. The van der Waals surface area contributed by atoms with Crippen LogP contribution in [0.5, 0.6) is 0 Å². The number of benzene rings is 1. The van der Waals surface area contributed by atoms with Crippen LogP contribution in [0.2, 0.25) is 0 Å². The van der Waals surface area contributed by atoms with Crippen LogP contribution in [0, 0.1) is 6.92 Å². The minimum Gasteiger partial charge on any atom is -0.347 e. The number of nitrogens with zero attached hydrogens (tertiary/aromatic N) is 3. The second kappa shape index (κ2) is 7.19. The fourth-order valence-electron chi connectivity index (χ4n) is 2.86. The van der Waals surface area contributed by atoms with Gasteiger partial charge in [0.25, 0.3) is 0 Å². The molecule has 0 N–H and O–H groups in total. The molecule has 4 aromatic rings. The first kappa shape index (κ1) is 19.2. The number of aromatic nitrogens is 2. The highest BCUT2D eigenvalue weighted by Gasteiger charge is 2.30. The Labute approximate surface area is 170 Å². The first-order valence-corrected chi connectivity index (χ1v) is 9.86. The van der Waals surface area contributed by atoms with Crippen LogP contribution in [-0.4, -0.2) is 34.3 Å². The Bertz CT molecular complexity index is 1100. The second-order valence-electron chi connectivity index (χ2n) is 6.04. The highest BCUT2D eigenvalue weighted by Crippen LogP contribution is 2.40. The average Bonchev–Trinajstić information content (AvgIpc) is 3.25. The maximum atomic E-state index is 12.6.